The molecule has 0 aromatic heterocycles. The van der Waals surface area contributed by atoms with Crippen molar-refractivity contribution in [3.63, 3.8) is 0 Å². The number of hydrogen-bond acceptors (Lipinski definition) is 4. The number of aliphatic hydroxyl groups is 1. The Morgan fingerprint density at radius 2 is 1.58 bits per heavy atom. The van der Waals surface area contributed by atoms with E-state index in [-0.39, 0.29) is 18.4 Å². The number of aliphatic hydroxyl groups excluding tert-OH is 1. The lowest BCUT2D eigenvalue weighted by atomic mass is 10.0. The van der Waals surface area contributed by atoms with Crippen molar-refractivity contribution >= 4 is 30.1 Å². The monoisotopic (exact) mass is 485 g/mol. The Labute approximate surface area is 206 Å². The summed E-state index contributed by atoms with van der Waals surface area (Å²) in [7, 11) is 0. The fraction of sp³-hybridized carbons (Fsp3) is 0.296. The van der Waals surface area contributed by atoms with E-state index in [1.807, 2.05) is 49.4 Å². The lowest BCUT2D eigenvalue weighted by Crippen LogP contribution is -2.33. The second-order valence-corrected chi connectivity index (χ2v) is 9.85. The molecule has 3 N–H and O–H groups in total. The van der Waals surface area contributed by atoms with Crippen LogP contribution in [0.25, 0.3) is 11.1 Å². The van der Waals surface area contributed by atoms with E-state index in [1.165, 1.54) is 5.56 Å². The highest BCUT2D eigenvalue weighted by Crippen LogP contribution is 2.31. The van der Waals surface area contributed by atoms with Crippen molar-refractivity contribution in [1.82, 2.24) is 5.32 Å². The molecule has 0 unspecified atom stereocenters. The first kappa shape index (κ1) is 26.9. The standard InChI is InChI=1S/C27H31NO3S.ClH/c1-18(2)32-25-17-23(13-14-24(25)27(30)31)21-11-9-20(10-12-21)15-16-28-19(3)26(29)22-7-5-4-6-8-22;/h4-14,17-19,26,28-29H,15-16H2,1-3H3,(H,30,31);1H/t19-,26-;/m0./s1. The molecule has 0 saturated carbocycles. The lowest BCUT2D eigenvalue weighted by molar-refractivity contribution is 0.0693. The van der Waals surface area contributed by atoms with Crippen molar-refractivity contribution in [3.8, 4) is 11.1 Å². The van der Waals surface area contributed by atoms with Crippen molar-refractivity contribution in [1.29, 1.82) is 0 Å². The van der Waals surface area contributed by atoms with Crippen LogP contribution >= 0.6 is 24.2 Å². The van der Waals surface area contributed by atoms with E-state index in [0.717, 1.165) is 34.6 Å². The van der Waals surface area contributed by atoms with Gasteiger partial charge in [-0.25, -0.2) is 4.79 Å². The van der Waals surface area contributed by atoms with Gasteiger partial charge in [0.25, 0.3) is 0 Å². The van der Waals surface area contributed by atoms with Crippen LogP contribution in [-0.2, 0) is 6.42 Å². The minimum absolute atomic E-state index is 0. The molecule has 0 heterocycles. The highest BCUT2D eigenvalue weighted by Gasteiger charge is 2.15. The molecule has 0 spiro atoms. The Kier molecular flexibility index (Phi) is 10.5. The number of carbonyl (C=O) groups is 1. The quantitative estimate of drug-likeness (QED) is 0.297. The van der Waals surface area contributed by atoms with Gasteiger partial charge in [-0.15, -0.1) is 24.2 Å². The van der Waals surface area contributed by atoms with Crippen molar-refractivity contribution in [2.45, 2.75) is 49.5 Å². The molecule has 4 nitrogen and oxygen atoms in total. The van der Waals surface area contributed by atoms with E-state index in [2.05, 4.69) is 43.4 Å². The molecule has 176 valence electrons. The molecule has 0 amide bonds. The van der Waals surface area contributed by atoms with E-state index < -0.39 is 12.1 Å². The summed E-state index contributed by atoms with van der Waals surface area (Å²) >= 11 is 1.57. The number of aromatic carboxylic acids is 1. The number of hydrogen-bond donors (Lipinski definition) is 3. The Morgan fingerprint density at radius 1 is 0.939 bits per heavy atom. The summed E-state index contributed by atoms with van der Waals surface area (Å²) in [5.74, 6) is -0.894. The van der Waals surface area contributed by atoms with Crippen LogP contribution in [0.2, 0.25) is 0 Å². The first-order chi connectivity index (χ1) is 15.3. The predicted molar refractivity (Wildman–Crippen MR) is 140 cm³/mol. The van der Waals surface area contributed by atoms with Gasteiger partial charge in [-0.2, -0.15) is 0 Å². The molecular weight excluding hydrogens is 454 g/mol. The zero-order valence-corrected chi connectivity index (χ0v) is 20.8. The van der Waals surface area contributed by atoms with Crippen LogP contribution in [0.15, 0.2) is 77.7 Å². The maximum Gasteiger partial charge on any atom is 0.336 e. The maximum absolute atomic E-state index is 11.5. The molecular formula is C27H32ClNO3S. The number of thioether (sulfide) groups is 1. The van der Waals surface area contributed by atoms with E-state index in [9.17, 15) is 15.0 Å². The van der Waals surface area contributed by atoms with Gasteiger partial charge < -0.3 is 15.5 Å². The fourth-order valence-electron chi connectivity index (χ4n) is 3.59. The minimum Gasteiger partial charge on any atom is -0.478 e. The van der Waals surface area contributed by atoms with Gasteiger partial charge in [0, 0.05) is 16.2 Å². The van der Waals surface area contributed by atoms with E-state index in [4.69, 9.17) is 0 Å². The van der Waals surface area contributed by atoms with E-state index in [1.54, 1.807) is 17.8 Å². The number of carboxylic acids is 1. The molecule has 0 saturated heterocycles. The lowest BCUT2D eigenvalue weighted by Gasteiger charge is -2.20. The molecule has 0 fully saturated rings. The number of halogens is 1. The van der Waals surface area contributed by atoms with Crippen molar-refractivity contribution in [2.24, 2.45) is 0 Å². The molecule has 3 rings (SSSR count). The Balaban J connectivity index is 0.00000385. The second-order valence-electron chi connectivity index (χ2n) is 8.23. The first-order valence-corrected chi connectivity index (χ1v) is 11.8. The molecule has 0 aliphatic carbocycles. The number of benzene rings is 3. The van der Waals surface area contributed by atoms with Gasteiger partial charge in [-0.1, -0.05) is 74.5 Å². The zero-order chi connectivity index (χ0) is 23.1. The normalized spacial score (nSPS) is 12.8. The molecule has 3 aromatic carbocycles. The predicted octanol–water partition coefficient (Wildman–Crippen LogP) is 6.23. The number of rotatable bonds is 10. The Hall–Kier alpha value is -2.31. The van der Waals surface area contributed by atoms with Crippen LogP contribution in [0.5, 0.6) is 0 Å². The molecule has 33 heavy (non-hydrogen) atoms. The summed E-state index contributed by atoms with van der Waals surface area (Å²) in [5, 5.41) is 23.7. The van der Waals surface area contributed by atoms with E-state index in [0.29, 0.717) is 10.8 Å². The molecule has 3 aromatic rings. The van der Waals surface area contributed by atoms with Crippen LogP contribution in [0, 0.1) is 0 Å². The van der Waals surface area contributed by atoms with Crippen molar-refractivity contribution in [3.05, 3.63) is 89.5 Å². The fourth-order valence-corrected chi connectivity index (χ4v) is 4.57. The highest BCUT2D eigenvalue weighted by molar-refractivity contribution is 8.00. The van der Waals surface area contributed by atoms with Crippen molar-refractivity contribution < 1.29 is 15.0 Å². The average Bonchev–Trinajstić information content (AvgIpc) is 2.79. The van der Waals surface area contributed by atoms with Gasteiger partial charge >= 0.3 is 5.97 Å². The van der Waals surface area contributed by atoms with Gasteiger partial charge in [-0.05, 0) is 54.3 Å². The summed E-state index contributed by atoms with van der Waals surface area (Å²) in [6.45, 7) is 6.89. The van der Waals surface area contributed by atoms with Gasteiger partial charge in [0.2, 0.25) is 0 Å². The third kappa shape index (κ3) is 7.61. The highest BCUT2D eigenvalue weighted by atomic mass is 35.5. The summed E-state index contributed by atoms with van der Waals surface area (Å²) in [4.78, 5) is 12.3. The molecule has 0 radical (unpaired) electrons. The van der Waals surface area contributed by atoms with Crippen LogP contribution in [0.4, 0.5) is 0 Å². The largest absolute Gasteiger partial charge is 0.478 e. The average molecular weight is 486 g/mol. The van der Waals surface area contributed by atoms with Crippen LogP contribution < -0.4 is 5.32 Å². The molecule has 2 atom stereocenters. The van der Waals surface area contributed by atoms with Crippen LogP contribution in [-0.4, -0.2) is 34.0 Å². The maximum atomic E-state index is 11.5. The van der Waals surface area contributed by atoms with Gasteiger partial charge in [0.05, 0.1) is 11.7 Å². The summed E-state index contributed by atoms with van der Waals surface area (Å²) < 4.78 is 0. The van der Waals surface area contributed by atoms with Gasteiger partial charge in [0.15, 0.2) is 0 Å². The molecule has 0 aliphatic rings. The molecule has 0 bridgehead atoms. The van der Waals surface area contributed by atoms with Crippen molar-refractivity contribution in [2.75, 3.05) is 6.54 Å². The van der Waals surface area contributed by atoms with E-state index >= 15 is 0 Å². The smallest absolute Gasteiger partial charge is 0.336 e. The summed E-state index contributed by atoms with van der Waals surface area (Å²) in [6.07, 6.45) is 0.323. The zero-order valence-electron chi connectivity index (χ0n) is 19.2. The Morgan fingerprint density at radius 3 is 2.18 bits per heavy atom. The third-order valence-electron chi connectivity index (χ3n) is 5.36. The Bertz CT molecular complexity index is 1030. The number of nitrogens with one attached hydrogen (secondary N) is 1. The number of carboxylic acid groups (broad SMARTS) is 1. The third-order valence-corrected chi connectivity index (χ3v) is 6.42. The molecule has 0 aliphatic heterocycles. The van der Waals surface area contributed by atoms with Crippen LogP contribution in [0.3, 0.4) is 0 Å². The molecule has 6 heteroatoms. The first-order valence-electron chi connectivity index (χ1n) is 10.9. The van der Waals surface area contributed by atoms with Crippen LogP contribution in [0.1, 0.15) is 48.4 Å². The topological polar surface area (TPSA) is 69.6 Å². The van der Waals surface area contributed by atoms with Gasteiger partial charge in [-0.3, -0.25) is 0 Å². The summed E-state index contributed by atoms with van der Waals surface area (Å²) in [6, 6.07) is 23.6. The summed E-state index contributed by atoms with van der Waals surface area (Å²) in [5.41, 5.74) is 4.56. The SMILES string of the molecule is CC(C)Sc1cc(-c2ccc(CCN[C@@H](C)[C@H](O)c3ccccc3)cc2)ccc1C(=O)O.Cl. The van der Waals surface area contributed by atoms with Gasteiger partial charge in [0.1, 0.15) is 0 Å². The minimum atomic E-state index is -0.894. The second kappa shape index (κ2) is 12.8.